The van der Waals surface area contributed by atoms with Gasteiger partial charge in [-0.1, -0.05) is 0 Å². The molecular formula is C13H18N4O3S. The molecule has 21 heavy (non-hydrogen) atoms. The van der Waals surface area contributed by atoms with Gasteiger partial charge < -0.3 is 10.5 Å². The number of nitrogen functional groups attached to an aromatic ring is 1. The van der Waals surface area contributed by atoms with Crippen molar-refractivity contribution in [3.8, 4) is 0 Å². The Hall–Kier alpha value is -1.83. The summed E-state index contributed by atoms with van der Waals surface area (Å²) >= 11 is 1.29. The van der Waals surface area contributed by atoms with Gasteiger partial charge >= 0.3 is 6.09 Å². The van der Waals surface area contributed by atoms with E-state index in [-0.39, 0.29) is 5.95 Å². The van der Waals surface area contributed by atoms with Gasteiger partial charge in [0, 0.05) is 0 Å². The maximum Gasteiger partial charge on any atom is 0.417 e. The Kier molecular flexibility index (Phi) is 3.83. The average molecular weight is 310 g/mol. The first-order valence-electron chi connectivity index (χ1n) is 6.43. The summed E-state index contributed by atoms with van der Waals surface area (Å²) in [5.41, 5.74) is 5.76. The second kappa shape index (κ2) is 5.18. The zero-order chi connectivity index (χ0) is 15.9. The lowest BCUT2D eigenvalue weighted by molar-refractivity contribution is 0.0201. The Morgan fingerprint density at radius 2 is 2.00 bits per heavy atom. The van der Waals surface area contributed by atoms with Crippen molar-refractivity contribution in [1.29, 1.82) is 0 Å². The van der Waals surface area contributed by atoms with Crippen LogP contribution in [0.3, 0.4) is 0 Å². The Labute approximate surface area is 127 Å². The molecule has 8 heteroatoms. The van der Waals surface area contributed by atoms with E-state index in [1.54, 1.807) is 34.0 Å². The van der Waals surface area contributed by atoms with Crippen LogP contribution >= 0.6 is 11.8 Å². The maximum atomic E-state index is 12.5. The van der Waals surface area contributed by atoms with Crippen LogP contribution in [0.2, 0.25) is 0 Å². The third-order valence-electron chi connectivity index (χ3n) is 2.92. The summed E-state index contributed by atoms with van der Waals surface area (Å²) in [5, 5.41) is 0.473. The first-order chi connectivity index (χ1) is 9.65. The minimum atomic E-state index is -0.691. The molecule has 0 saturated heterocycles. The lowest BCUT2D eigenvalue weighted by Crippen LogP contribution is -2.38. The molecule has 0 aromatic carbocycles. The Bertz CT molecular complexity index is 612. The van der Waals surface area contributed by atoms with E-state index in [9.17, 15) is 9.59 Å². The number of anilines is 1. The second-order valence-electron chi connectivity index (χ2n) is 5.68. The molecule has 0 saturated carbocycles. The molecule has 2 rings (SSSR count). The van der Waals surface area contributed by atoms with Gasteiger partial charge in [0.2, 0.25) is 5.95 Å². The van der Waals surface area contributed by atoms with Crippen molar-refractivity contribution in [3.05, 3.63) is 11.3 Å². The quantitative estimate of drug-likeness (QED) is 0.627. The third kappa shape index (κ3) is 2.80. The van der Waals surface area contributed by atoms with Crippen LogP contribution in [0.5, 0.6) is 0 Å². The van der Waals surface area contributed by atoms with Crippen molar-refractivity contribution in [2.45, 2.75) is 44.4 Å². The first-order valence-corrected chi connectivity index (χ1v) is 7.66. The fourth-order valence-electron chi connectivity index (χ4n) is 2.10. The number of rotatable bonds is 1. The van der Waals surface area contributed by atoms with E-state index < -0.39 is 23.6 Å². The van der Waals surface area contributed by atoms with Crippen LogP contribution in [0.15, 0.2) is 5.03 Å². The van der Waals surface area contributed by atoms with Crippen molar-refractivity contribution >= 4 is 29.7 Å². The van der Waals surface area contributed by atoms with E-state index in [2.05, 4.69) is 9.97 Å². The summed E-state index contributed by atoms with van der Waals surface area (Å²) in [6.07, 6.45) is 1.10. The molecule has 0 aliphatic carbocycles. The largest absolute Gasteiger partial charge is 0.443 e. The number of aromatic nitrogens is 2. The second-order valence-corrected chi connectivity index (χ2v) is 6.48. The Morgan fingerprint density at radius 1 is 1.38 bits per heavy atom. The number of carbonyl (C=O) groups excluding carboxylic acids is 2. The van der Waals surface area contributed by atoms with E-state index in [1.165, 1.54) is 11.8 Å². The van der Waals surface area contributed by atoms with Crippen LogP contribution in [-0.4, -0.2) is 38.7 Å². The highest BCUT2D eigenvalue weighted by atomic mass is 32.2. The van der Waals surface area contributed by atoms with Gasteiger partial charge in [-0.2, -0.15) is 0 Å². The molecule has 0 bridgehead atoms. The molecule has 2 amide bonds. The molecule has 1 aliphatic rings. The fourth-order valence-corrected chi connectivity index (χ4v) is 2.68. The van der Waals surface area contributed by atoms with Crippen LogP contribution in [0.4, 0.5) is 10.7 Å². The number of imide groups is 1. The molecule has 1 aromatic heterocycles. The molecule has 0 unspecified atom stereocenters. The highest BCUT2D eigenvalue weighted by Crippen LogP contribution is 2.37. The van der Waals surface area contributed by atoms with Crippen LogP contribution in [-0.2, 0) is 4.74 Å². The van der Waals surface area contributed by atoms with Crippen molar-refractivity contribution < 1.29 is 14.3 Å². The molecule has 114 valence electrons. The number of nitrogens with two attached hydrogens (primary N) is 1. The summed E-state index contributed by atoms with van der Waals surface area (Å²) in [7, 11) is 0. The normalized spacial score (nSPS) is 17.9. The smallest absolute Gasteiger partial charge is 0.417 e. The summed E-state index contributed by atoms with van der Waals surface area (Å²) in [4.78, 5) is 34.0. The van der Waals surface area contributed by atoms with Crippen molar-refractivity contribution in [2.24, 2.45) is 0 Å². The monoisotopic (exact) mass is 310 g/mol. The van der Waals surface area contributed by atoms with Crippen LogP contribution in [0, 0.1) is 0 Å². The summed E-state index contributed by atoms with van der Waals surface area (Å²) in [5.74, 6) is -0.361. The first kappa shape index (κ1) is 15.6. The van der Waals surface area contributed by atoms with Gasteiger partial charge in [0.15, 0.2) is 0 Å². The van der Waals surface area contributed by atoms with E-state index in [4.69, 9.17) is 10.5 Å². The maximum absolute atomic E-state index is 12.5. The molecule has 1 atom stereocenters. The third-order valence-corrected chi connectivity index (χ3v) is 3.60. The molecule has 1 aromatic rings. The number of carbonyl (C=O) groups is 2. The lowest BCUT2D eigenvalue weighted by Gasteiger charge is -2.25. The van der Waals surface area contributed by atoms with Crippen molar-refractivity contribution in [1.82, 2.24) is 14.9 Å². The molecule has 7 nitrogen and oxygen atoms in total. The average Bonchev–Trinajstić information content (AvgIpc) is 2.58. The fraction of sp³-hybridized carbons (Fsp3) is 0.538. The van der Waals surface area contributed by atoms with Crippen LogP contribution < -0.4 is 5.73 Å². The van der Waals surface area contributed by atoms with Crippen LogP contribution in [0.25, 0.3) is 0 Å². The minimum absolute atomic E-state index is 0.0868. The topological polar surface area (TPSA) is 98.4 Å². The summed E-state index contributed by atoms with van der Waals surface area (Å²) in [6, 6.07) is -0.529. The molecule has 2 heterocycles. The van der Waals surface area contributed by atoms with Gasteiger partial charge in [0.05, 0.1) is 17.3 Å². The predicted molar refractivity (Wildman–Crippen MR) is 79.0 cm³/mol. The Balaban J connectivity index is 2.43. The van der Waals surface area contributed by atoms with Gasteiger partial charge in [0.1, 0.15) is 10.6 Å². The number of hydrogen-bond donors (Lipinski definition) is 1. The molecule has 2 N–H and O–H groups in total. The number of hydrogen-bond acceptors (Lipinski definition) is 7. The van der Waals surface area contributed by atoms with Gasteiger partial charge in [-0.25, -0.2) is 19.7 Å². The SMILES string of the molecule is CSc1nc(N)nc2c1C(=O)N(C(=O)OC(C)(C)C)[C@@H]2C. The molecule has 0 spiro atoms. The Morgan fingerprint density at radius 3 is 2.52 bits per heavy atom. The van der Waals surface area contributed by atoms with Crippen molar-refractivity contribution in [2.75, 3.05) is 12.0 Å². The zero-order valence-electron chi connectivity index (χ0n) is 12.6. The van der Waals surface area contributed by atoms with Gasteiger partial charge in [-0.15, -0.1) is 11.8 Å². The van der Waals surface area contributed by atoms with E-state index in [0.29, 0.717) is 16.3 Å². The van der Waals surface area contributed by atoms with Crippen molar-refractivity contribution in [3.63, 3.8) is 0 Å². The van der Waals surface area contributed by atoms with E-state index in [0.717, 1.165) is 4.90 Å². The highest BCUT2D eigenvalue weighted by molar-refractivity contribution is 7.98. The molecule has 0 fully saturated rings. The standard InChI is InChI=1S/C13H18N4O3S/c1-6-8-7(9(21-5)16-11(14)15-8)10(18)17(6)12(19)20-13(2,3)4/h6H,1-5H3,(H2,14,15,16)/t6-/m1/s1. The highest BCUT2D eigenvalue weighted by Gasteiger charge is 2.43. The zero-order valence-corrected chi connectivity index (χ0v) is 13.4. The van der Waals surface area contributed by atoms with E-state index in [1.807, 2.05) is 0 Å². The predicted octanol–water partition coefficient (Wildman–Crippen LogP) is 2.23. The van der Waals surface area contributed by atoms with Crippen LogP contribution in [0.1, 0.15) is 49.8 Å². The minimum Gasteiger partial charge on any atom is -0.443 e. The van der Waals surface area contributed by atoms with Gasteiger partial charge in [0.25, 0.3) is 5.91 Å². The number of nitrogens with zero attached hydrogens (tertiary/aromatic N) is 3. The summed E-state index contributed by atoms with van der Waals surface area (Å²) < 4.78 is 5.28. The van der Waals surface area contributed by atoms with Gasteiger partial charge in [-0.3, -0.25) is 4.79 Å². The number of amides is 2. The number of fused-ring (bicyclic) bond motifs is 1. The molecular weight excluding hydrogens is 292 g/mol. The lowest BCUT2D eigenvalue weighted by atomic mass is 10.2. The number of thioether (sulfide) groups is 1. The summed E-state index contributed by atoms with van der Waals surface area (Å²) in [6.45, 7) is 6.95. The number of ether oxygens (including phenoxy) is 1. The van der Waals surface area contributed by atoms with Gasteiger partial charge in [-0.05, 0) is 34.0 Å². The van der Waals surface area contributed by atoms with E-state index >= 15 is 0 Å². The molecule has 1 aliphatic heterocycles. The molecule has 0 radical (unpaired) electrons.